The fourth-order valence-electron chi connectivity index (χ4n) is 2.75. The summed E-state index contributed by atoms with van der Waals surface area (Å²) >= 11 is 6.17. The fraction of sp³-hybridized carbons (Fsp3) is 0.300. The Labute approximate surface area is 163 Å². The van der Waals surface area contributed by atoms with Crippen molar-refractivity contribution in [2.75, 3.05) is 38.2 Å². The first-order chi connectivity index (χ1) is 13.0. The molecule has 6 nitrogen and oxygen atoms in total. The third-order valence-corrected chi connectivity index (χ3v) is 4.57. The van der Waals surface area contributed by atoms with Gasteiger partial charge < -0.3 is 19.7 Å². The monoisotopic (exact) mass is 388 g/mol. The number of para-hydroxylation sites is 1. The molecule has 0 spiro atoms. The summed E-state index contributed by atoms with van der Waals surface area (Å²) in [6, 6.07) is 12.3. The maximum absolute atomic E-state index is 12.6. The second-order valence-corrected chi connectivity index (χ2v) is 6.61. The van der Waals surface area contributed by atoms with Crippen molar-refractivity contribution in [2.24, 2.45) is 0 Å². The number of hydrogen-bond acceptors (Lipinski definition) is 4. The van der Waals surface area contributed by atoms with Gasteiger partial charge in [-0.25, -0.2) is 0 Å². The minimum Gasteiger partial charge on any atom is -0.483 e. The molecule has 7 heteroatoms. The van der Waals surface area contributed by atoms with E-state index in [1.807, 2.05) is 25.1 Å². The molecule has 1 saturated heterocycles. The number of rotatable bonds is 5. The molecule has 3 rings (SSSR count). The van der Waals surface area contributed by atoms with Crippen LogP contribution in [0, 0.1) is 6.92 Å². The molecule has 0 saturated carbocycles. The van der Waals surface area contributed by atoms with Crippen molar-refractivity contribution in [3.63, 3.8) is 0 Å². The second kappa shape index (κ2) is 8.88. The zero-order valence-corrected chi connectivity index (χ0v) is 15.8. The van der Waals surface area contributed by atoms with Crippen molar-refractivity contribution in [2.45, 2.75) is 6.92 Å². The van der Waals surface area contributed by atoms with Crippen LogP contribution < -0.4 is 10.1 Å². The van der Waals surface area contributed by atoms with E-state index < -0.39 is 0 Å². The van der Waals surface area contributed by atoms with Crippen LogP contribution in [0.1, 0.15) is 15.9 Å². The van der Waals surface area contributed by atoms with Gasteiger partial charge in [0.15, 0.2) is 6.61 Å². The van der Waals surface area contributed by atoms with Gasteiger partial charge in [-0.2, -0.15) is 0 Å². The molecule has 0 radical (unpaired) electrons. The van der Waals surface area contributed by atoms with Crippen LogP contribution >= 0.6 is 11.6 Å². The summed E-state index contributed by atoms with van der Waals surface area (Å²) in [7, 11) is 0. The lowest BCUT2D eigenvalue weighted by atomic mass is 10.1. The third kappa shape index (κ3) is 4.99. The molecule has 2 amide bonds. The van der Waals surface area contributed by atoms with Gasteiger partial charge in [-0.05, 0) is 36.8 Å². The van der Waals surface area contributed by atoms with Crippen molar-refractivity contribution in [1.82, 2.24) is 4.90 Å². The van der Waals surface area contributed by atoms with E-state index in [9.17, 15) is 9.59 Å². The highest BCUT2D eigenvalue weighted by Gasteiger charge is 2.19. The van der Waals surface area contributed by atoms with Gasteiger partial charge in [0.1, 0.15) is 5.75 Å². The van der Waals surface area contributed by atoms with Gasteiger partial charge in [-0.3, -0.25) is 9.59 Å². The summed E-state index contributed by atoms with van der Waals surface area (Å²) in [5.74, 6) is 0.188. The van der Waals surface area contributed by atoms with Crippen LogP contribution in [0.5, 0.6) is 5.75 Å². The van der Waals surface area contributed by atoms with Gasteiger partial charge in [0, 0.05) is 18.7 Å². The Hall–Kier alpha value is -2.57. The van der Waals surface area contributed by atoms with E-state index in [-0.39, 0.29) is 18.4 Å². The molecule has 1 heterocycles. The minimum atomic E-state index is -0.351. The molecule has 0 unspecified atom stereocenters. The number of carbonyl (C=O) groups is 2. The lowest BCUT2D eigenvalue weighted by molar-refractivity contribution is -0.118. The number of benzene rings is 2. The predicted molar refractivity (Wildman–Crippen MR) is 103 cm³/mol. The molecule has 142 valence electrons. The molecular weight excluding hydrogens is 368 g/mol. The summed E-state index contributed by atoms with van der Waals surface area (Å²) in [5.41, 5.74) is 1.80. The molecule has 1 aliphatic heterocycles. The van der Waals surface area contributed by atoms with E-state index >= 15 is 0 Å². The van der Waals surface area contributed by atoms with E-state index in [0.717, 1.165) is 5.56 Å². The summed E-state index contributed by atoms with van der Waals surface area (Å²) in [4.78, 5) is 26.5. The number of carbonyl (C=O) groups excluding carboxylic acids is 2. The van der Waals surface area contributed by atoms with Crippen LogP contribution in [-0.2, 0) is 9.53 Å². The van der Waals surface area contributed by atoms with Crippen LogP contribution in [0.4, 0.5) is 5.69 Å². The van der Waals surface area contributed by atoms with Crippen molar-refractivity contribution in [3.8, 4) is 5.75 Å². The number of aryl methyl sites for hydroxylation is 1. The van der Waals surface area contributed by atoms with Crippen LogP contribution in [0.25, 0.3) is 0 Å². The van der Waals surface area contributed by atoms with Crippen LogP contribution in [0.15, 0.2) is 42.5 Å². The molecule has 0 aromatic heterocycles. The van der Waals surface area contributed by atoms with Gasteiger partial charge in [0.25, 0.3) is 11.8 Å². The number of amides is 2. The molecule has 2 aromatic rings. The van der Waals surface area contributed by atoms with Crippen molar-refractivity contribution < 1.29 is 19.1 Å². The Morgan fingerprint density at radius 1 is 1.19 bits per heavy atom. The van der Waals surface area contributed by atoms with Gasteiger partial charge in [0.05, 0.1) is 23.9 Å². The number of halogens is 1. The largest absolute Gasteiger partial charge is 0.483 e. The number of ether oxygens (including phenoxy) is 2. The van der Waals surface area contributed by atoms with E-state index in [0.29, 0.717) is 48.3 Å². The summed E-state index contributed by atoms with van der Waals surface area (Å²) < 4.78 is 10.8. The quantitative estimate of drug-likeness (QED) is 0.854. The van der Waals surface area contributed by atoms with Crippen molar-refractivity contribution >= 4 is 29.1 Å². The Morgan fingerprint density at radius 3 is 2.67 bits per heavy atom. The first-order valence-electron chi connectivity index (χ1n) is 8.69. The Morgan fingerprint density at radius 2 is 1.93 bits per heavy atom. The van der Waals surface area contributed by atoms with Gasteiger partial charge in [0.2, 0.25) is 0 Å². The van der Waals surface area contributed by atoms with Crippen LogP contribution in [0.2, 0.25) is 5.02 Å². The number of morpholine rings is 1. The highest BCUT2D eigenvalue weighted by atomic mass is 35.5. The average Bonchev–Trinajstić information content (AvgIpc) is 2.69. The van der Waals surface area contributed by atoms with E-state index in [1.54, 1.807) is 29.2 Å². The zero-order chi connectivity index (χ0) is 19.2. The smallest absolute Gasteiger partial charge is 0.262 e. The molecular formula is C20H21ClN2O4. The zero-order valence-electron chi connectivity index (χ0n) is 15.0. The van der Waals surface area contributed by atoms with Crippen molar-refractivity contribution in [1.29, 1.82) is 0 Å². The molecule has 0 atom stereocenters. The number of anilines is 1. The van der Waals surface area contributed by atoms with Crippen molar-refractivity contribution in [3.05, 3.63) is 58.6 Å². The first kappa shape index (κ1) is 19.2. The van der Waals surface area contributed by atoms with E-state index in [2.05, 4.69) is 5.32 Å². The molecule has 27 heavy (non-hydrogen) atoms. The standard InChI is InChI=1S/C20H21ClN2O4/c1-14-4-2-3-5-18(14)27-13-19(24)22-17-12-15(6-7-16(17)21)20(25)23-8-10-26-11-9-23/h2-7,12H,8-11,13H2,1H3,(H,22,24). The molecule has 0 bridgehead atoms. The summed E-state index contributed by atoms with van der Waals surface area (Å²) in [5, 5.41) is 3.07. The van der Waals surface area contributed by atoms with Gasteiger partial charge in [-0.15, -0.1) is 0 Å². The van der Waals surface area contributed by atoms with E-state index in [1.165, 1.54) is 0 Å². The lowest BCUT2D eigenvalue weighted by Crippen LogP contribution is -2.40. The number of hydrogen-bond donors (Lipinski definition) is 1. The predicted octanol–water partition coefficient (Wildman–Crippen LogP) is 3.14. The molecule has 1 fully saturated rings. The maximum atomic E-state index is 12.6. The Balaban J connectivity index is 1.64. The molecule has 1 N–H and O–H groups in total. The first-order valence-corrected chi connectivity index (χ1v) is 9.07. The normalized spacial score (nSPS) is 13.9. The second-order valence-electron chi connectivity index (χ2n) is 6.20. The third-order valence-electron chi connectivity index (χ3n) is 4.24. The minimum absolute atomic E-state index is 0.110. The topological polar surface area (TPSA) is 67.9 Å². The number of nitrogens with zero attached hydrogens (tertiary/aromatic N) is 1. The van der Waals surface area contributed by atoms with Gasteiger partial charge >= 0.3 is 0 Å². The van der Waals surface area contributed by atoms with Crippen LogP contribution in [0.3, 0.4) is 0 Å². The van der Waals surface area contributed by atoms with Gasteiger partial charge in [-0.1, -0.05) is 29.8 Å². The average molecular weight is 389 g/mol. The molecule has 1 aliphatic rings. The summed E-state index contributed by atoms with van der Waals surface area (Å²) in [6.45, 7) is 3.91. The highest BCUT2D eigenvalue weighted by Crippen LogP contribution is 2.24. The number of nitrogens with one attached hydrogen (secondary N) is 1. The molecule has 0 aliphatic carbocycles. The Bertz CT molecular complexity index is 834. The lowest BCUT2D eigenvalue weighted by Gasteiger charge is -2.27. The summed E-state index contributed by atoms with van der Waals surface area (Å²) in [6.07, 6.45) is 0. The van der Waals surface area contributed by atoms with E-state index in [4.69, 9.17) is 21.1 Å². The molecule has 2 aromatic carbocycles. The highest BCUT2D eigenvalue weighted by molar-refractivity contribution is 6.33. The van der Waals surface area contributed by atoms with Crippen LogP contribution in [-0.4, -0.2) is 49.6 Å². The Kier molecular flexibility index (Phi) is 6.32. The fourth-order valence-corrected chi connectivity index (χ4v) is 2.92. The SMILES string of the molecule is Cc1ccccc1OCC(=O)Nc1cc(C(=O)N2CCOCC2)ccc1Cl. The maximum Gasteiger partial charge on any atom is 0.262 e.